The monoisotopic (exact) mass is 523 g/mol. The number of rotatable bonds is 3. The molecule has 0 spiro atoms. The predicted octanol–water partition coefficient (Wildman–Crippen LogP) is 5.44. The minimum atomic E-state index is -0.583. The highest BCUT2D eigenvalue weighted by Gasteiger charge is 2.44. The molecule has 6 nitrogen and oxygen atoms in total. The summed E-state index contributed by atoms with van der Waals surface area (Å²) in [6.07, 6.45) is 4.30. The van der Waals surface area contributed by atoms with Crippen molar-refractivity contribution in [1.29, 1.82) is 0 Å². The largest absolute Gasteiger partial charge is 0.507 e. The maximum Gasteiger partial charge on any atom is 0.270 e. The molecule has 2 amide bonds. The number of hydrogen-bond donors (Lipinski definition) is 2. The number of nitrogens with zero attached hydrogens (tertiary/aromatic N) is 2. The third-order valence-corrected chi connectivity index (χ3v) is 8.69. The molecule has 1 saturated heterocycles. The first-order valence-electron chi connectivity index (χ1n) is 12.3. The van der Waals surface area contributed by atoms with E-state index in [1.54, 1.807) is 24.3 Å². The molecule has 0 bridgehead atoms. The second-order valence-electron chi connectivity index (χ2n) is 10.8. The van der Waals surface area contributed by atoms with Crippen molar-refractivity contribution in [3.8, 4) is 5.75 Å². The van der Waals surface area contributed by atoms with Crippen molar-refractivity contribution in [2.45, 2.75) is 57.8 Å². The Kier molecular flexibility index (Phi) is 5.92. The second-order valence-corrected chi connectivity index (χ2v) is 11.6. The van der Waals surface area contributed by atoms with E-state index in [4.69, 9.17) is 23.8 Å². The van der Waals surface area contributed by atoms with Gasteiger partial charge in [-0.25, -0.2) is 0 Å². The van der Waals surface area contributed by atoms with Crippen molar-refractivity contribution in [2.75, 3.05) is 22.9 Å². The summed E-state index contributed by atoms with van der Waals surface area (Å²) >= 11 is 11.3. The fourth-order valence-electron chi connectivity index (χ4n) is 5.59. The van der Waals surface area contributed by atoms with Crippen LogP contribution < -0.4 is 15.1 Å². The van der Waals surface area contributed by atoms with Crippen LogP contribution in [0, 0.1) is 0 Å². The lowest BCUT2D eigenvalue weighted by molar-refractivity contribution is -0.122. The average molecular weight is 524 g/mol. The molecule has 0 aromatic heterocycles. The summed E-state index contributed by atoms with van der Waals surface area (Å²) in [5.41, 5.74) is 3.75. The summed E-state index contributed by atoms with van der Waals surface area (Å²) < 4.78 is 0. The molecule has 3 aliphatic heterocycles. The average Bonchev–Trinajstić information content (AvgIpc) is 2.82. The Morgan fingerprint density at radius 2 is 1.81 bits per heavy atom. The van der Waals surface area contributed by atoms with Gasteiger partial charge in [0.15, 0.2) is 5.11 Å². The van der Waals surface area contributed by atoms with Crippen molar-refractivity contribution in [3.63, 3.8) is 0 Å². The van der Waals surface area contributed by atoms with Crippen molar-refractivity contribution < 1.29 is 14.7 Å². The fraction of sp³-hybridized carbons (Fsp3) is 0.393. The van der Waals surface area contributed by atoms with Gasteiger partial charge in [0.05, 0.1) is 5.69 Å². The molecule has 5 rings (SSSR count). The van der Waals surface area contributed by atoms with E-state index in [-0.39, 0.29) is 27.3 Å². The first-order chi connectivity index (χ1) is 17.0. The predicted molar refractivity (Wildman–Crippen MR) is 148 cm³/mol. The summed E-state index contributed by atoms with van der Waals surface area (Å²) in [5.74, 6) is -0.990. The SMILES string of the molecule is CCC1(C)CCN2CCC(C)(C)c3cc(/C=C4/C(=O)NC(=S)N(c5ccc(Cl)cc5)C4=O)c(O)c1c32. The second kappa shape index (κ2) is 8.60. The van der Waals surface area contributed by atoms with Crippen molar-refractivity contribution in [1.82, 2.24) is 5.32 Å². The molecule has 0 aliphatic carbocycles. The van der Waals surface area contributed by atoms with Gasteiger partial charge < -0.3 is 10.0 Å². The first kappa shape index (κ1) is 24.8. The topological polar surface area (TPSA) is 72.9 Å². The van der Waals surface area contributed by atoms with E-state index in [9.17, 15) is 14.7 Å². The van der Waals surface area contributed by atoms with Gasteiger partial charge in [0, 0.05) is 34.9 Å². The number of aromatic hydroxyl groups is 1. The molecule has 2 N–H and O–H groups in total. The number of hydrogen-bond acceptors (Lipinski definition) is 5. The number of anilines is 2. The maximum absolute atomic E-state index is 13.6. The van der Waals surface area contributed by atoms with Gasteiger partial charge in [-0.1, -0.05) is 39.3 Å². The highest BCUT2D eigenvalue weighted by Crippen LogP contribution is 2.54. The van der Waals surface area contributed by atoms with E-state index in [1.807, 2.05) is 6.07 Å². The Morgan fingerprint density at radius 3 is 2.47 bits per heavy atom. The third-order valence-electron chi connectivity index (χ3n) is 8.16. The Hall–Kier alpha value is -2.90. The lowest BCUT2D eigenvalue weighted by atomic mass is 9.67. The molecule has 1 atom stereocenters. The normalized spacial score (nSPS) is 24.1. The highest BCUT2D eigenvalue weighted by atomic mass is 35.5. The molecule has 0 radical (unpaired) electrons. The number of halogens is 1. The van der Waals surface area contributed by atoms with Gasteiger partial charge in [0.1, 0.15) is 11.3 Å². The van der Waals surface area contributed by atoms with Crippen LogP contribution in [0.5, 0.6) is 5.75 Å². The van der Waals surface area contributed by atoms with Crippen molar-refractivity contribution in [3.05, 3.63) is 57.6 Å². The summed E-state index contributed by atoms with van der Waals surface area (Å²) in [4.78, 5) is 30.2. The van der Waals surface area contributed by atoms with Gasteiger partial charge in [-0.15, -0.1) is 0 Å². The quantitative estimate of drug-likeness (QED) is 0.318. The van der Waals surface area contributed by atoms with Crippen LogP contribution >= 0.6 is 23.8 Å². The van der Waals surface area contributed by atoms with Crippen LogP contribution in [0.1, 0.15) is 63.6 Å². The van der Waals surface area contributed by atoms with E-state index in [0.717, 1.165) is 49.2 Å². The zero-order valence-electron chi connectivity index (χ0n) is 20.9. The number of phenolic OH excluding ortho intramolecular Hbond substituents is 1. The first-order valence-corrected chi connectivity index (χ1v) is 13.1. The molecule has 1 fully saturated rings. The van der Waals surface area contributed by atoms with Crippen molar-refractivity contribution in [2.24, 2.45) is 0 Å². The smallest absolute Gasteiger partial charge is 0.270 e. The van der Waals surface area contributed by atoms with Gasteiger partial charge in [-0.05, 0) is 84.3 Å². The Morgan fingerprint density at radius 1 is 1.14 bits per heavy atom. The fourth-order valence-corrected chi connectivity index (χ4v) is 6.00. The van der Waals surface area contributed by atoms with Crippen LogP contribution in [0.4, 0.5) is 11.4 Å². The zero-order chi connectivity index (χ0) is 26.0. The molecular weight excluding hydrogens is 494 g/mol. The molecule has 8 heteroatoms. The molecular formula is C28H30ClN3O3S. The minimum Gasteiger partial charge on any atom is -0.507 e. The highest BCUT2D eigenvalue weighted by molar-refractivity contribution is 7.80. The zero-order valence-corrected chi connectivity index (χ0v) is 22.5. The number of phenols is 1. The number of carbonyl (C=O) groups excluding carboxylic acids is 2. The number of amides is 2. The van der Waals surface area contributed by atoms with Crippen LogP contribution in [0.3, 0.4) is 0 Å². The lowest BCUT2D eigenvalue weighted by Crippen LogP contribution is -2.54. The summed E-state index contributed by atoms with van der Waals surface area (Å²) in [6.45, 7) is 10.7. The van der Waals surface area contributed by atoms with Crippen molar-refractivity contribution >= 4 is 58.2 Å². The summed E-state index contributed by atoms with van der Waals surface area (Å²) in [5, 5.41) is 14.8. The van der Waals surface area contributed by atoms with Crippen LogP contribution in [0.15, 0.2) is 35.9 Å². The Labute approximate surface area is 221 Å². The molecule has 1 unspecified atom stereocenters. The van der Waals surface area contributed by atoms with Crippen LogP contribution in [0.25, 0.3) is 6.08 Å². The number of nitrogens with one attached hydrogen (secondary N) is 1. The summed E-state index contributed by atoms with van der Waals surface area (Å²) in [6, 6.07) is 8.62. The van der Waals surface area contributed by atoms with E-state index in [2.05, 4.69) is 37.9 Å². The lowest BCUT2D eigenvalue weighted by Gasteiger charge is -2.49. The van der Waals surface area contributed by atoms with E-state index in [0.29, 0.717) is 16.3 Å². The van der Waals surface area contributed by atoms with Crippen LogP contribution in [0.2, 0.25) is 5.02 Å². The van der Waals surface area contributed by atoms with E-state index >= 15 is 0 Å². The molecule has 3 heterocycles. The van der Waals surface area contributed by atoms with E-state index < -0.39 is 11.8 Å². The van der Waals surface area contributed by atoms with Crippen LogP contribution in [-0.2, 0) is 20.4 Å². The van der Waals surface area contributed by atoms with Gasteiger partial charge in [0.25, 0.3) is 11.8 Å². The molecule has 0 saturated carbocycles. The maximum atomic E-state index is 13.6. The Balaban J connectivity index is 1.69. The van der Waals surface area contributed by atoms with Gasteiger partial charge in [0.2, 0.25) is 0 Å². The molecule has 3 aliphatic rings. The van der Waals surface area contributed by atoms with E-state index in [1.165, 1.54) is 11.0 Å². The van der Waals surface area contributed by atoms with Gasteiger partial charge >= 0.3 is 0 Å². The minimum absolute atomic E-state index is 0.00422. The molecule has 2 aromatic rings. The van der Waals surface area contributed by atoms with Crippen LogP contribution in [-0.4, -0.2) is 35.1 Å². The molecule has 36 heavy (non-hydrogen) atoms. The number of carbonyl (C=O) groups is 2. The van der Waals surface area contributed by atoms with Gasteiger partial charge in [-0.2, -0.15) is 0 Å². The number of thiocarbonyl (C=S) groups is 1. The molecule has 2 aromatic carbocycles. The third kappa shape index (κ3) is 3.80. The molecule has 188 valence electrons. The standard InChI is InChI=1S/C28H30ClN3O3S/c1-5-28(4)11-13-31-12-10-27(2,3)20-15-16(23(33)21(28)22(20)31)14-19-24(34)30-26(36)32(25(19)35)18-8-6-17(29)7-9-18/h6-9,14-15,33H,5,10-13H2,1-4H3,(H,30,34,36)/b19-14-. The number of benzene rings is 2. The van der Waals surface area contributed by atoms with Gasteiger partial charge in [-0.3, -0.25) is 19.8 Å². The Bertz CT molecular complexity index is 1330. The summed E-state index contributed by atoms with van der Waals surface area (Å²) in [7, 11) is 0.